The Morgan fingerprint density at radius 3 is 2.32 bits per heavy atom. The second kappa shape index (κ2) is 13.0. The van der Waals surface area contributed by atoms with Crippen molar-refractivity contribution in [1.29, 1.82) is 0 Å². The first kappa shape index (κ1) is 29.3. The van der Waals surface area contributed by atoms with Gasteiger partial charge in [0.15, 0.2) is 0 Å². The van der Waals surface area contributed by atoms with E-state index in [4.69, 9.17) is 0 Å². The van der Waals surface area contributed by atoms with Gasteiger partial charge in [-0.1, -0.05) is 25.3 Å². The van der Waals surface area contributed by atoms with Gasteiger partial charge in [0, 0.05) is 28.2 Å². The average molecular weight is 556 g/mol. The summed E-state index contributed by atoms with van der Waals surface area (Å²) in [5.74, 6) is -3.90. The molecule has 1 aliphatic rings. The lowest BCUT2D eigenvalue weighted by molar-refractivity contribution is -0.137. The van der Waals surface area contributed by atoms with E-state index in [1.54, 1.807) is 0 Å². The zero-order chi connectivity index (χ0) is 27.9. The van der Waals surface area contributed by atoms with Crippen LogP contribution in [-0.2, 0) is 31.4 Å². The topological polar surface area (TPSA) is 95.6 Å². The Kier molecular flexibility index (Phi) is 10.0. The second-order valence-electron chi connectivity index (χ2n) is 9.11. The molecular weight excluding hydrogens is 526 g/mol. The fourth-order valence-electron chi connectivity index (χ4n) is 4.24. The van der Waals surface area contributed by atoms with Crippen LogP contribution in [0.4, 0.5) is 28.9 Å². The van der Waals surface area contributed by atoms with Gasteiger partial charge in [0.25, 0.3) is 0 Å². The molecule has 7 nitrogen and oxygen atoms in total. The molecule has 0 radical (unpaired) electrons. The van der Waals surface area contributed by atoms with Crippen LogP contribution in [0.25, 0.3) is 0 Å². The Bertz CT molecular complexity index is 1170. The van der Waals surface area contributed by atoms with E-state index in [0.29, 0.717) is 0 Å². The first-order valence-electron chi connectivity index (χ1n) is 12.1. The molecule has 1 saturated carbocycles. The summed E-state index contributed by atoms with van der Waals surface area (Å²) in [6.45, 7) is 1.39. The number of halogens is 4. The van der Waals surface area contributed by atoms with E-state index in [9.17, 15) is 36.2 Å². The molecule has 3 rings (SSSR count). The van der Waals surface area contributed by atoms with Gasteiger partial charge in [-0.05, 0) is 62.2 Å². The number of carbonyl (C=O) groups is 3. The Labute approximate surface area is 220 Å². The van der Waals surface area contributed by atoms with Gasteiger partial charge in [0.2, 0.25) is 17.7 Å². The molecule has 2 atom stereocenters. The predicted octanol–water partition coefficient (Wildman–Crippen LogP) is 4.40. The fraction of sp³-hybridized carbons (Fsp3) is 0.423. The Hall–Kier alpha value is -3.28. The van der Waals surface area contributed by atoms with Crippen LogP contribution in [-0.4, -0.2) is 45.5 Å². The van der Waals surface area contributed by atoms with Crippen molar-refractivity contribution in [2.24, 2.45) is 0 Å². The van der Waals surface area contributed by atoms with Gasteiger partial charge in [-0.25, -0.2) is 4.39 Å². The zero-order valence-electron chi connectivity index (χ0n) is 20.7. The summed E-state index contributed by atoms with van der Waals surface area (Å²) in [7, 11) is -2.04. The van der Waals surface area contributed by atoms with E-state index in [1.165, 1.54) is 25.1 Å². The monoisotopic (exact) mass is 555 g/mol. The molecule has 0 spiro atoms. The summed E-state index contributed by atoms with van der Waals surface area (Å²) in [5, 5.41) is 5.30. The summed E-state index contributed by atoms with van der Waals surface area (Å²) >= 11 is 0. The van der Waals surface area contributed by atoms with Gasteiger partial charge < -0.3 is 10.6 Å². The maximum atomic E-state index is 13.4. The minimum atomic E-state index is -4.68. The Balaban J connectivity index is 1.75. The van der Waals surface area contributed by atoms with Crippen LogP contribution >= 0.6 is 0 Å². The van der Waals surface area contributed by atoms with Gasteiger partial charge in [-0.2, -0.15) is 13.2 Å². The minimum Gasteiger partial charge on any atom is -0.352 e. The molecule has 0 heterocycles. The standard InChI is InChI=1S/C26H29F4N3O4S/c1-17(25(36)32-20-7-3-2-4-8-20)33(22-9-5-6-18(14-22)26(28,29)30)24(35)16-38(37)15-23(34)31-21-12-10-19(27)11-13-21/h5-6,9-14,17,20H,2-4,7-8,15-16H2,1H3,(H,31,34)(H,32,36)/t17-,38+/m0/s1. The first-order valence-corrected chi connectivity index (χ1v) is 13.6. The van der Waals surface area contributed by atoms with Gasteiger partial charge in [0.1, 0.15) is 23.4 Å². The molecule has 2 N–H and O–H groups in total. The maximum absolute atomic E-state index is 13.4. The van der Waals surface area contributed by atoms with Crippen molar-refractivity contribution in [2.75, 3.05) is 21.7 Å². The fourth-order valence-corrected chi connectivity index (χ4v) is 5.12. The number of hydrogen-bond donors (Lipinski definition) is 2. The van der Waals surface area contributed by atoms with Crippen LogP contribution in [0.3, 0.4) is 0 Å². The van der Waals surface area contributed by atoms with Gasteiger partial charge in [-0.15, -0.1) is 0 Å². The third-order valence-corrected chi connectivity index (χ3v) is 7.30. The Morgan fingerprint density at radius 1 is 1.03 bits per heavy atom. The quantitative estimate of drug-likeness (QED) is 0.449. The lowest BCUT2D eigenvalue weighted by Crippen LogP contribution is -2.52. The molecule has 0 unspecified atom stereocenters. The van der Waals surface area contributed by atoms with E-state index >= 15 is 0 Å². The number of nitrogens with one attached hydrogen (secondary N) is 2. The van der Waals surface area contributed by atoms with Gasteiger partial charge in [-0.3, -0.25) is 23.5 Å². The van der Waals surface area contributed by atoms with Gasteiger partial charge >= 0.3 is 6.18 Å². The molecule has 38 heavy (non-hydrogen) atoms. The number of benzene rings is 2. The third kappa shape index (κ3) is 8.37. The second-order valence-corrected chi connectivity index (χ2v) is 10.6. The molecular formula is C26H29F4N3O4S. The molecule has 0 aliphatic heterocycles. The summed E-state index contributed by atoms with van der Waals surface area (Å²) < 4.78 is 65.8. The highest BCUT2D eigenvalue weighted by Crippen LogP contribution is 2.32. The number of hydrogen-bond acceptors (Lipinski definition) is 4. The molecule has 2 aromatic rings. The van der Waals surface area contributed by atoms with Crippen LogP contribution in [0, 0.1) is 5.82 Å². The number of anilines is 2. The van der Waals surface area contributed by atoms with Crippen LogP contribution in [0.2, 0.25) is 0 Å². The highest BCUT2D eigenvalue weighted by molar-refractivity contribution is 7.86. The van der Waals surface area contributed by atoms with Crippen molar-refractivity contribution in [3.63, 3.8) is 0 Å². The number of rotatable bonds is 9. The van der Waals surface area contributed by atoms with Crippen molar-refractivity contribution >= 4 is 39.9 Å². The molecule has 3 amide bonds. The number of carbonyl (C=O) groups excluding carboxylic acids is 3. The van der Waals surface area contributed by atoms with Crippen molar-refractivity contribution in [3.05, 3.63) is 59.9 Å². The van der Waals surface area contributed by atoms with Crippen LogP contribution in [0.1, 0.15) is 44.6 Å². The van der Waals surface area contributed by atoms with E-state index in [0.717, 1.165) is 67.3 Å². The smallest absolute Gasteiger partial charge is 0.352 e. The summed E-state index contributed by atoms with van der Waals surface area (Å²) in [6.07, 6.45) is -0.216. The molecule has 2 aromatic carbocycles. The number of amides is 3. The average Bonchev–Trinajstić information content (AvgIpc) is 2.85. The van der Waals surface area contributed by atoms with Crippen molar-refractivity contribution in [3.8, 4) is 0 Å². The van der Waals surface area contributed by atoms with Crippen molar-refractivity contribution < 1.29 is 36.2 Å². The molecule has 0 aromatic heterocycles. The third-order valence-electron chi connectivity index (χ3n) is 6.14. The van der Waals surface area contributed by atoms with Crippen LogP contribution in [0.15, 0.2) is 48.5 Å². The maximum Gasteiger partial charge on any atom is 0.416 e. The van der Waals surface area contributed by atoms with E-state index < -0.39 is 63.6 Å². The predicted molar refractivity (Wildman–Crippen MR) is 136 cm³/mol. The molecule has 1 aliphatic carbocycles. The lowest BCUT2D eigenvalue weighted by Gasteiger charge is -2.31. The lowest BCUT2D eigenvalue weighted by atomic mass is 9.95. The van der Waals surface area contributed by atoms with Crippen LogP contribution in [0.5, 0.6) is 0 Å². The molecule has 0 bridgehead atoms. The van der Waals surface area contributed by atoms with E-state index in [-0.39, 0.29) is 17.4 Å². The molecule has 206 valence electrons. The minimum absolute atomic E-state index is 0.0959. The largest absolute Gasteiger partial charge is 0.416 e. The SMILES string of the molecule is C[C@@H](C(=O)NC1CCCCC1)N(C(=O)C[S@](=O)CC(=O)Nc1ccc(F)cc1)c1cccc(C(F)(F)F)c1. The zero-order valence-corrected chi connectivity index (χ0v) is 21.5. The van der Waals surface area contributed by atoms with E-state index in [2.05, 4.69) is 10.6 Å². The number of nitrogens with zero attached hydrogens (tertiary/aromatic N) is 1. The normalized spacial score (nSPS) is 15.8. The molecule has 12 heteroatoms. The van der Waals surface area contributed by atoms with E-state index in [1.807, 2.05) is 0 Å². The van der Waals surface area contributed by atoms with Gasteiger partial charge in [0.05, 0.1) is 5.56 Å². The molecule has 0 saturated heterocycles. The van der Waals surface area contributed by atoms with Crippen molar-refractivity contribution in [1.82, 2.24) is 5.32 Å². The summed E-state index contributed by atoms with van der Waals surface area (Å²) in [6, 6.07) is 7.57. The summed E-state index contributed by atoms with van der Waals surface area (Å²) in [5.41, 5.74) is -0.922. The molecule has 1 fully saturated rings. The highest BCUT2D eigenvalue weighted by atomic mass is 32.2. The summed E-state index contributed by atoms with van der Waals surface area (Å²) in [4.78, 5) is 39.4. The van der Waals surface area contributed by atoms with Crippen LogP contribution < -0.4 is 15.5 Å². The Morgan fingerprint density at radius 2 is 1.68 bits per heavy atom. The highest BCUT2D eigenvalue weighted by Gasteiger charge is 2.34. The first-order chi connectivity index (χ1) is 17.9. The number of alkyl halides is 3. The van der Waals surface area contributed by atoms with Crippen molar-refractivity contribution in [2.45, 2.75) is 57.3 Å².